The van der Waals surface area contributed by atoms with Gasteiger partial charge in [0.15, 0.2) is 0 Å². The van der Waals surface area contributed by atoms with Crippen molar-refractivity contribution < 1.29 is 4.79 Å². The first-order valence-corrected chi connectivity index (χ1v) is 7.37. The Morgan fingerprint density at radius 1 is 1.47 bits per heavy atom. The van der Waals surface area contributed by atoms with Gasteiger partial charge in [0.1, 0.15) is 0 Å². The third-order valence-corrected chi connectivity index (χ3v) is 4.14. The lowest BCUT2D eigenvalue weighted by molar-refractivity contribution is 0.0940. The lowest BCUT2D eigenvalue weighted by Crippen LogP contribution is -2.37. The standard InChI is InChI=1S/C14H20BrN3O/c1-18-6-4-10(5-7-18)9-17-14(19)12-3-2-11(15)8-13(12)16/h2-3,8,10H,4-7,9,16H2,1H3,(H,17,19). The van der Waals surface area contributed by atoms with Crippen LogP contribution >= 0.6 is 15.9 Å². The number of halogens is 1. The molecular weight excluding hydrogens is 306 g/mol. The maximum Gasteiger partial charge on any atom is 0.253 e. The van der Waals surface area contributed by atoms with Crippen LogP contribution in [-0.2, 0) is 0 Å². The van der Waals surface area contributed by atoms with E-state index in [1.165, 1.54) is 0 Å². The lowest BCUT2D eigenvalue weighted by atomic mass is 9.97. The van der Waals surface area contributed by atoms with Gasteiger partial charge in [-0.25, -0.2) is 0 Å². The van der Waals surface area contributed by atoms with E-state index >= 15 is 0 Å². The second-order valence-corrected chi connectivity index (χ2v) is 6.10. The van der Waals surface area contributed by atoms with Gasteiger partial charge >= 0.3 is 0 Å². The molecule has 4 nitrogen and oxygen atoms in total. The van der Waals surface area contributed by atoms with Gasteiger partial charge in [-0.3, -0.25) is 4.79 Å². The third kappa shape index (κ3) is 3.94. The van der Waals surface area contributed by atoms with E-state index in [-0.39, 0.29) is 5.91 Å². The van der Waals surface area contributed by atoms with Crippen LogP contribution < -0.4 is 11.1 Å². The summed E-state index contributed by atoms with van der Waals surface area (Å²) < 4.78 is 0.886. The normalized spacial score (nSPS) is 17.4. The molecule has 1 fully saturated rings. The summed E-state index contributed by atoms with van der Waals surface area (Å²) in [6.45, 7) is 2.96. The van der Waals surface area contributed by atoms with Gasteiger partial charge in [-0.15, -0.1) is 0 Å². The number of piperidine rings is 1. The second-order valence-electron chi connectivity index (χ2n) is 5.19. The molecule has 0 radical (unpaired) electrons. The molecule has 3 N–H and O–H groups in total. The van der Waals surface area contributed by atoms with Crippen molar-refractivity contribution in [2.75, 3.05) is 32.4 Å². The van der Waals surface area contributed by atoms with Gasteiger partial charge in [0.25, 0.3) is 5.91 Å². The van der Waals surface area contributed by atoms with Crippen LogP contribution in [0.1, 0.15) is 23.2 Å². The first kappa shape index (κ1) is 14.3. The maximum absolute atomic E-state index is 12.1. The van der Waals surface area contributed by atoms with Gasteiger partial charge in [-0.2, -0.15) is 0 Å². The number of likely N-dealkylation sites (tertiary alicyclic amines) is 1. The number of hydrogen-bond acceptors (Lipinski definition) is 3. The highest BCUT2D eigenvalue weighted by Crippen LogP contribution is 2.19. The number of rotatable bonds is 3. The number of carbonyl (C=O) groups excluding carboxylic acids is 1. The molecule has 0 atom stereocenters. The number of hydrogen-bond donors (Lipinski definition) is 2. The Hall–Kier alpha value is -1.07. The minimum Gasteiger partial charge on any atom is -0.398 e. The van der Waals surface area contributed by atoms with Crippen LogP contribution in [0.15, 0.2) is 22.7 Å². The molecule has 0 saturated carbocycles. The van der Waals surface area contributed by atoms with E-state index in [0.717, 1.165) is 36.9 Å². The fraction of sp³-hybridized carbons (Fsp3) is 0.500. The van der Waals surface area contributed by atoms with Gasteiger partial charge in [-0.05, 0) is 57.1 Å². The van der Waals surface area contributed by atoms with Crippen molar-refractivity contribution in [2.24, 2.45) is 5.92 Å². The number of amides is 1. The van der Waals surface area contributed by atoms with Crippen molar-refractivity contribution >= 4 is 27.5 Å². The first-order chi connectivity index (χ1) is 9.06. The van der Waals surface area contributed by atoms with Crippen LogP contribution in [0.5, 0.6) is 0 Å². The van der Waals surface area contributed by atoms with Crippen LogP contribution in [0, 0.1) is 5.92 Å². The topological polar surface area (TPSA) is 58.4 Å². The van der Waals surface area contributed by atoms with E-state index < -0.39 is 0 Å². The van der Waals surface area contributed by atoms with Crippen molar-refractivity contribution in [3.63, 3.8) is 0 Å². The summed E-state index contributed by atoms with van der Waals surface area (Å²) in [6.07, 6.45) is 2.29. The van der Waals surface area contributed by atoms with E-state index in [0.29, 0.717) is 17.2 Å². The molecular formula is C14H20BrN3O. The van der Waals surface area contributed by atoms with E-state index in [9.17, 15) is 4.79 Å². The molecule has 1 aromatic rings. The first-order valence-electron chi connectivity index (χ1n) is 6.58. The highest BCUT2D eigenvalue weighted by Gasteiger charge is 2.18. The molecule has 1 aromatic carbocycles. The van der Waals surface area contributed by atoms with E-state index in [4.69, 9.17) is 5.73 Å². The summed E-state index contributed by atoms with van der Waals surface area (Å²) in [5.74, 6) is 0.501. The molecule has 1 amide bonds. The molecule has 0 bridgehead atoms. The van der Waals surface area contributed by atoms with Gasteiger partial charge < -0.3 is 16.0 Å². The summed E-state index contributed by atoms with van der Waals surface area (Å²) in [5, 5.41) is 2.99. The molecule has 1 heterocycles. The number of anilines is 1. The average Bonchev–Trinajstić information content (AvgIpc) is 2.37. The highest BCUT2D eigenvalue weighted by molar-refractivity contribution is 9.10. The minimum atomic E-state index is -0.0797. The van der Waals surface area contributed by atoms with Crippen LogP contribution in [0.2, 0.25) is 0 Å². The Morgan fingerprint density at radius 2 is 2.16 bits per heavy atom. The Labute approximate surface area is 122 Å². The molecule has 0 aliphatic carbocycles. The third-order valence-electron chi connectivity index (χ3n) is 3.65. The molecule has 1 saturated heterocycles. The highest BCUT2D eigenvalue weighted by atomic mass is 79.9. The monoisotopic (exact) mass is 325 g/mol. The van der Waals surface area contributed by atoms with Crippen LogP contribution in [0.3, 0.4) is 0 Å². The second kappa shape index (κ2) is 6.39. The van der Waals surface area contributed by atoms with Crippen molar-refractivity contribution in [1.82, 2.24) is 10.2 Å². The molecule has 1 aliphatic rings. The summed E-state index contributed by atoms with van der Waals surface area (Å²) >= 11 is 3.34. The van der Waals surface area contributed by atoms with Crippen molar-refractivity contribution in [1.29, 1.82) is 0 Å². The zero-order valence-corrected chi connectivity index (χ0v) is 12.7. The Morgan fingerprint density at radius 3 is 2.79 bits per heavy atom. The van der Waals surface area contributed by atoms with Gasteiger partial charge in [0, 0.05) is 16.7 Å². The molecule has 5 heteroatoms. The van der Waals surface area contributed by atoms with Crippen LogP contribution in [-0.4, -0.2) is 37.5 Å². The van der Waals surface area contributed by atoms with E-state index in [2.05, 4.69) is 33.2 Å². The summed E-state index contributed by atoms with van der Waals surface area (Å²) in [5.41, 5.74) is 6.91. The van der Waals surface area contributed by atoms with Crippen LogP contribution in [0.25, 0.3) is 0 Å². The van der Waals surface area contributed by atoms with Gasteiger partial charge in [0.2, 0.25) is 0 Å². The Kier molecular flexibility index (Phi) is 4.82. The molecule has 1 aliphatic heterocycles. The summed E-state index contributed by atoms with van der Waals surface area (Å²) in [6, 6.07) is 5.34. The maximum atomic E-state index is 12.1. The number of nitrogens with one attached hydrogen (secondary N) is 1. The van der Waals surface area contributed by atoms with Gasteiger partial charge in [-0.1, -0.05) is 15.9 Å². The van der Waals surface area contributed by atoms with Gasteiger partial charge in [0.05, 0.1) is 5.56 Å². The lowest BCUT2D eigenvalue weighted by Gasteiger charge is -2.28. The van der Waals surface area contributed by atoms with E-state index in [1.54, 1.807) is 12.1 Å². The average molecular weight is 326 g/mol. The van der Waals surface area contributed by atoms with Crippen molar-refractivity contribution in [3.05, 3.63) is 28.2 Å². The van der Waals surface area contributed by atoms with Crippen molar-refractivity contribution in [3.8, 4) is 0 Å². The zero-order chi connectivity index (χ0) is 13.8. The van der Waals surface area contributed by atoms with E-state index in [1.807, 2.05) is 6.07 Å². The smallest absolute Gasteiger partial charge is 0.253 e. The predicted molar refractivity (Wildman–Crippen MR) is 81.1 cm³/mol. The molecule has 0 aromatic heterocycles. The zero-order valence-electron chi connectivity index (χ0n) is 11.2. The quantitative estimate of drug-likeness (QED) is 0.837. The largest absolute Gasteiger partial charge is 0.398 e. The molecule has 0 spiro atoms. The number of nitrogens with zero attached hydrogens (tertiary/aromatic N) is 1. The molecule has 2 rings (SSSR count). The number of nitrogen functional groups attached to an aromatic ring is 1. The van der Waals surface area contributed by atoms with Crippen LogP contribution in [0.4, 0.5) is 5.69 Å². The fourth-order valence-electron chi connectivity index (χ4n) is 2.34. The number of carbonyl (C=O) groups is 1. The molecule has 19 heavy (non-hydrogen) atoms. The molecule has 104 valence electrons. The fourth-order valence-corrected chi connectivity index (χ4v) is 2.72. The number of benzene rings is 1. The van der Waals surface area contributed by atoms with Crippen molar-refractivity contribution in [2.45, 2.75) is 12.8 Å². The number of nitrogens with two attached hydrogens (primary N) is 1. The Bertz CT molecular complexity index is 456. The molecule has 0 unspecified atom stereocenters. The SMILES string of the molecule is CN1CCC(CNC(=O)c2ccc(Br)cc2N)CC1. The summed E-state index contributed by atoms with van der Waals surface area (Å²) in [7, 11) is 2.14. The Balaban J connectivity index is 1.87. The summed E-state index contributed by atoms with van der Waals surface area (Å²) in [4.78, 5) is 14.4. The minimum absolute atomic E-state index is 0.0797. The predicted octanol–water partition coefficient (Wildman–Crippen LogP) is 2.10.